The Balaban J connectivity index is 1.64. The second-order valence-corrected chi connectivity index (χ2v) is 7.28. The first-order valence-electron chi connectivity index (χ1n) is 9.79. The highest BCUT2D eigenvalue weighted by molar-refractivity contribution is 5.96. The molecule has 1 aliphatic rings. The summed E-state index contributed by atoms with van der Waals surface area (Å²) in [4.78, 5) is 26.8. The van der Waals surface area contributed by atoms with E-state index < -0.39 is 11.9 Å². The molecule has 0 unspecified atom stereocenters. The number of para-hydroxylation sites is 1. The molecular weight excluding hydrogens is 366 g/mol. The molecule has 1 amide bonds. The lowest BCUT2D eigenvalue weighted by Gasteiger charge is -2.17. The molecule has 0 radical (unpaired) electrons. The first-order chi connectivity index (χ1) is 14.1. The van der Waals surface area contributed by atoms with E-state index in [1.807, 2.05) is 67.6 Å². The SMILES string of the molecule is CCc1c(C(=O)N2C[C@@H](C(=O)O)[C@H](c3ccccc3)C2)cnn1-c1ccccc1. The molecule has 1 aromatic heterocycles. The van der Waals surface area contributed by atoms with Crippen molar-refractivity contribution in [3.05, 3.63) is 83.7 Å². The van der Waals surface area contributed by atoms with Crippen molar-refractivity contribution in [2.24, 2.45) is 5.92 Å². The molecule has 29 heavy (non-hydrogen) atoms. The third kappa shape index (κ3) is 3.53. The van der Waals surface area contributed by atoms with Crippen LogP contribution in [0.1, 0.15) is 34.5 Å². The molecule has 6 nitrogen and oxygen atoms in total. The third-order valence-electron chi connectivity index (χ3n) is 5.59. The van der Waals surface area contributed by atoms with Crippen LogP contribution in [0.25, 0.3) is 5.69 Å². The Kier molecular flexibility index (Phi) is 5.16. The van der Waals surface area contributed by atoms with E-state index in [9.17, 15) is 14.7 Å². The number of aliphatic carboxylic acids is 1. The van der Waals surface area contributed by atoms with Crippen LogP contribution in [0.2, 0.25) is 0 Å². The molecule has 1 aliphatic heterocycles. The topological polar surface area (TPSA) is 75.4 Å². The van der Waals surface area contributed by atoms with E-state index in [4.69, 9.17) is 0 Å². The molecule has 2 atom stereocenters. The predicted octanol–water partition coefficient (Wildman–Crippen LogP) is 3.38. The van der Waals surface area contributed by atoms with Gasteiger partial charge >= 0.3 is 5.97 Å². The van der Waals surface area contributed by atoms with Crippen LogP contribution in [-0.4, -0.2) is 44.8 Å². The van der Waals surface area contributed by atoms with Gasteiger partial charge in [0.1, 0.15) is 0 Å². The Morgan fingerprint density at radius 2 is 1.69 bits per heavy atom. The maximum atomic E-state index is 13.3. The van der Waals surface area contributed by atoms with Crippen molar-refractivity contribution in [3.8, 4) is 5.69 Å². The Morgan fingerprint density at radius 3 is 2.31 bits per heavy atom. The molecule has 0 bridgehead atoms. The molecule has 1 fully saturated rings. The number of carbonyl (C=O) groups excluding carboxylic acids is 1. The van der Waals surface area contributed by atoms with Gasteiger partial charge in [-0.25, -0.2) is 4.68 Å². The third-order valence-corrected chi connectivity index (χ3v) is 5.59. The standard InChI is InChI=1S/C23H23N3O3/c1-2-21-18(13-24-26(21)17-11-7-4-8-12-17)22(27)25-14-19(20(15-25)23(28)29)16-9-5-3-6-10-16/h3-13,19-20H,2,14-15H2,1H3,(H,28,29)/t19-,20+/m0/s1. The fourth-order valence-corrected chi connectivity index (χ4v) is 4.11. The second-order valence-electron chi connectivity index (χ2n) is 7.28. The van der Waals surface area contributed by atoms with Crippen molar-refractivity contribution >= 4 is 11.9 Å². The average molecular weight is 389 g/mol. The van der Waals surface area contributed by atoms with Gasteiger partial charge in [0.2, 0.25) is 0 Å². The number of carbonyl (C=O) groups is 2. The number of hydrogen-bond donors (Lipinski definition) is 1. The van der Waals surface area contributed by atoms with E-state index in [2.05, 4.69) is 5.10 Å². The van der Waals surface area contributed by atoms with Gasteiger partial charge < -0.3 is 10.0 Å². The smallest absolute Gasteiger partial charge is 0.308 e. The summed E-state index contributed by atoms with van der Waals surface area (Å²) < 4.78 is 1.78. The number of benzene rings is 2. The maximum Gasteiger partial charge on any atom is 0.308 e. The molecule has 0 spiro atoms. The normalized spacial score (nSPS) is 18.7. The molecule has 2 aromatic carbocycles. The summed E-state index contributed by atoms with van der Waals surface area (Å²) in [5.41, 5.74) is 3.21. The summed E-state index contributed by atoms with van der Waals surface area (Å²) in [6.45, 7) is 2.58. The number of likely N-dealkylation sites (tertiary alicyclic amines) is 1. The molecule has 1 N–H and O–H groups in total. The van der Waals surface area contributed by atoms with Crippen molar-refractivity contribution in [1.82, 2.24) is 14.7 Å². The summed E-state index contributed by atoms with van der Waals surface area (Å²) in [7, 11) is 0. The van der Waals surface area contributed by atoms with Gasteiger partial charge in [-0.2, -0.15) is 5.10 Å². The van der Waals surface area contributed by atoms with Crippen molar-refractivity contribution in [2.75, 3.05) is 13.1 Å². The molecule has 1 saturated heterocycles. The molecule has 148 valence electrons. The molecule has 4 rings (SSSR count). The molecule has 0 aliphatic carbocycles. The number of nitrogens with zero attached hydrogens (tertiary/aromatic N) is 3. The average Bonchev–Trinajstić information content (AvgIpc) is 3.39. The van der Waals surface area contributed by atoms with Crippen LogP contribution in [-0.2, 0) is 11.2 Å². The Bertz CT molecular complexity index is 1010. The minimum atomic E-state index is -0.871. The van der Waals surface area contributed by atoms with E-state index in [0.717, 1.165) is 16.9 Å². The van der Waals surface area contributed by atoms with Gasteiger partial charge in [-0.15, -0.1) is 0 Å². The lowest BCUT2D eigenvalue weighted by Crippen LogP contribution is -2.30. The van der Waals surface area contributed by atoms with Gasteiger partial charge in [0.25, 0.3) is 5.91 Å². The van der Waals surface area contributed by atoms with Crippen LogP contribution in [0.4, 0.5) is 0 Å². The Labute approximate surface area is 169 Å². The summed E-state index contributed by atoms with van der Waals surface area (Å²) in [5, 5.41) is 14.1. The highest BCUT2D eigenvalue weighted by Gasteiger charge is 2.41. The molecule has 6 heteroatoms. The van der Waals surface area contributed by atoms with Gasteiger partial charge in [0.15, 0.2) is 0 Å². The minimum absolute atomic E-state index is 0.159. The van der Waals surface area contributed by atoms with Gasteiger partial charge in [-0.1, -0.05) is 55.5 Å². The van der Waals surface area contributed by atoms with Gasteiger partial charge in [0.05, 0.1) is 29.1 Å². The van der Waals surface area contributed by atoms with Gasteiger partial charge in [-0.3, -0.25) is 9.59 Å². The van der Waals surface area contributed by atoms with Crippen molar-refractivity contribution in [1.29, 1.82) is 0 Å². The van der Waals surface area contributed by atoms with Crippen LogP contribution >= 0.6 is 0 Å². The van der Waals surface area contributed by atoms with E-state index in [0.29, 0.717) is 18.5 Å². The number of carboxylic acids is 1. The number of amides is 1. The molecule has 3 aromatic rings. The van der Waals surface area contributed by atoms with E-state index >= 15 is 0 Å². The fourth-order valence-electron chi connectivity index (χ4n) is 4.11. The minimum Gasteiger partial charge on any atom is -0.481 e. The lowest BCUT2D eigenvalue weighted by atomic mass is 9.89. The monoisotopic (exact) mass is 389 g/mol. The number of aromatic nitrogens is 2. The van der Waals surface area contributed by atoms with Crippen molar-refractivity contribution < 1.29 is 14.7 Å². The Morgan fingerprint density at radius 1 is 1.03 bits per heavy atom. The summed E-state index contributed by atoms with van der Waals surface area (Å²) >= 11 is 0. The van der Waals surface area contributed by atoms with Crippen molar-refractivity contribution in [3.63, 3.8) is 0 Å². The fraction of sp³-hybridized carbons (Fsp3) is 0.261. The zero-order valence-corrected chi connectivity index (χ0v) is 16.2. The number of hydrogen-bond acceptors (Lipinski definition) is 3. The van der Waals surface area contributed by atoms with Gasteiger partial charge in [-0.05, 0) is 24.1 Å². The molecule has 0 saturated carbocycles. The molecular formula is C23H23N3O3. The van der Waals surface area contributed by atoms with Crippen LogP contribution in [0.15, 0.2) is 66.9 Å². The van der Waals surface area contributed by atoms with E-state index in [-0.39, 0.29) is 18.4 Å². The molecule has 2 heterocycles. The first kappa shape index (κ1) is 18.9. The summed E-state index contributed by atoms with van der Waals surface area (Å²) in [6.07, 6.45) is 2.24. The van der Waals surface area contributed by atoms with E-state index in [1.54, 1.807) is 15.8 Å². The van der Waals surface area contributed by atoms with E-state index in [1.165, 1.54) is 0 Å². The highest BCUT2D eigenvalue weighted by Crippen LogP contribution is 2.34. The second kappa shape index (κ2) is 7.91. The zero-order valence-electron chi connectivity index (χ0n) is 16.2. The zero-order chi connectivity index (χ0) is 20.4. The van der Waals surface area contributed by atoms with Crippen LogP contribution in [0, 0.1) is 5.92 Å². The summed E-state index contributed by atoms with van der Waals surface area (Å²) in [5.74, 6) is -1.86. The number of rotatable bonds is 5. The Hall–Kier alpha value is -3.41. The quantitative estimate of drug-likeness (QED) is 0.726. The number of carboxylic acid groups (broad SMARTS) is 1. The van der Waals surface area contributed by atoms with Crippen LogP contribution in [0.3, 0.4) is 0 Å². The predicted molar refractivity (Wildman–Crippen MR) is 109 cm³/mol. The maximum absolute atomic E-state index is 13.3. The van der Waals surface area contributed by atoms with Gasteiger partial charge in [0, 0.05) is 19.0 Å². The first-order valence-corrected chi connectivity index (χ1v) is 9.79. The largest absolute Gasteiger partial charge is 0.481 e. The van der Waals surface area contributed by atoms with Crippen molar-refractivity contribution in [2.45, 2.75) is 19.3 Å². The highest BCUT2D eigenvalue weighted by atomic mass is 16.4. The lowest BCUT2D eigenvalue weighted by molar-refractivity contribution is -0.141. The summed E-state index contributed by atoms with van der Waals surface area (Å²) in [6, 6.07) is 19.3. The van der Waals surface area contributed by atoms with Crippen LogP contribution < -0.4 is 0 Å². The van der Waals surface area contributed by atoms with Crippen LogP contribution in [0.5, 0.6) is 0 Å².